The average molecular weight is 399 g/mol. The van der Waals surface area contributed by atoms with Gasteiger partial charge < -0.3 is 5.32 Å². The van der Waals surface area contributed by atoms with E-state index in [1.807, 2.05) is 29.9 Å². The molecule has 28 heavy (non-hydrogen) atoms. The van der Waals surface area contributed by atoms with Gasteiger partial charge in [-0.2, -0.15) is 5.10 Å². The van der Waals surface area contributed by atoms with Gasteiger partial charge in [-0.15, -0.1) is 11.3 Å². The van der Waals surface area contributed by atoms with Crippen molar-refractivity contribution in [3.05, 3.63) is 57.9 Å². The largest absolute Gasteiger partial charge is 0.301 e. The monoisotopic (exact) mass is 398 g/mol. The van der Waals surface area contributed by atoms with E-state index in [0.717, 1.165) is 35.0 Å². The van der Waals surface area contributed by atoms with E-state index >= 15 is 0 Å². The molecule has 0 amide bonds. The highest BCUT2D eigenvalue weighted by atomic mass is 32.1. The number of nitrogens with zero attached hydrogens (tertiary/aromatic N) is 3. The summed E-state index contributed by atoms with van der Waals surface area (Å²) < 4.78 is 16.3. The molecule has 0 saturated heterocycles. The molecule has 0 radical (unpaired) electrons. The second-order valence-corrected chi connectivity index (χ2v) is 9.86. The van der Waals surface area contributed by atoms with E-state index in [4.69, 9.17) is 4.98 Å². The van der Waals surface area contributed by atoms with Crippen LogP contribution in [0.25, 0.3) is 11.3 Å². The lowest BCUT2D eigenvalue weighted by Crippen LogP contribution is -2.47. The molecule has 1 aliphatic rings. The number of rotatable bonds is 5. The van der Waals surface area contributed by atoms with E-state index in [-0.39, 0.29) is 16.9 Å². The summed E-state index contributed by atoms with van der Waals surface area (Å²) in [5.41, 5.74) is 2.40. The molecule has 0 bridgehead atoms. The van der Waals surface area contributed by atoms with Gasteiger partial charge in [0.2, 0.25) is 0 Å². The summed E-state index contributed by atoms with van der Waals surface area (Å²) in [4.78, 5) is 5.95. The number of hydrogen-bond donors (Lipinski definition) is 1. The normalized spacial score (nSPS) is 16.2. The molecule has 1 N–H and O–H groups in total. The number of nitrogens with one attached hydrogen (secondary N) is 1. The Kier molecular flexibility index (Phi) is 4.88. The van der Waals surface area contributed by atoms with Crippen molar-refractivity contribution in [2.45, 2.75) is 64.6 Å². The van der Waals surface area contributed by atoms with Crippen molar-refractivity contribution >= 4 is 11.3 Å². The summed E-state index contributed by atoms with van der Waals surface area (Å²) in [5, 5.41) is 9.30. The molecule has 6 heteroatoms. The Bertz CT molecular complexity index is 979. The van der Waals surface area contributed by atoms with Gasteiger partial charge in [-0.1, -0.05) is 12.1 Å². The van der Waals surface area contributed by atoms with Crippen molar-refractivity contribution in [1.29, 1.82) is 0 Å². The first kappa shape index (κ1) is 19.3. The topological polar surface area (TPSA) is 42.7 Å². The number of hydrogen-bond acceptors (Lipinski definition) is 4. The molecular weight excluding hydrogens is 371 g/mol. The number of aromatic nitrogens is 3. The lowest BCUT2D eigenvalue weighted by Gasteiger charge is -2.41. The minimum Gasteiger partial charge on any atom is -0.301 e. The number of aryl methyl sites for hydroxylation is 1. The Balaban J connectivity index is 1.56. The van der Waals surface area contributed by atoms with Crippen molar-refractivity contribution in [3.8, 4) is 11.3 Å². The van der Waals surface area contributed by atoms with Gasteiger partial charge in [-0.25, -0.2) is 9.37 Å². The fraction of sp³-hybridized carbons (Fsp3) is 0.455. The highest BCUT2D eigenvalue weighted by Gasteiger charge is 2.41. The number of benzene rings is 1. The maximum Gasteiger partial charge on any atom is 0.132 e. The van der Waals surface area contributed by atoms with Gasteiger partial charge in [-0.3, -0.25) is 4.68 Å². The fourth-order valence-electron chi connectivity index (χ4n) is 3.59. The van der Waals surface area contributed by atoms with Crippen LogP contribution in [0.2, 0.25) is 0 Å². The second-order valence-electron chi connectivity index (χ2n) is 8.66. The van der Waals surface area contributed by atoms with E-state index in [2.05, 4.69) is 37.4 Å². The first-order valence-corrected chi connectivity index (χ1v) is 10.6. The molecule has 3 aromatic rings. The lowest BCUT2D eigenvalue weighted by molar-refractivity contribution is 0.183. The third-order valence-electron chi connectivity index (χ3n) is 5.50. The molecule has 2 heterocycles. The Morgan fingerprint density at radius 1 is 1.25 bits per heavy atom. The van der Waals surface area contributed by atoms with Crippen LogP contribution in [0.1, 0.15) is 55.5 Å². The van der Waals surface area contributed by atoms with Gasteiger partial charge in [0.1, 0.15) is 10.8 Å². The molecule has 1 aliphatic carbocycles. The SMILES string of the molecule is Cc1sc(C2(NCc3cnn(C(C)(C)C)c3)CCC2)nc1-c1ccccc1F. The van der Waals surface area contributed by atoms with Gasteiger partial charge in [-0.05, 0) is 59.1 Å². The lowest BCUT2D eigenvalue weighted by atomic mass is 9.77. The molecule has 4 rings (SSSR count). The average Bonchev–Trinajstić information content (AvgIpc) is 3.22. The predicted molar refractivity (Wildman–Crippen MR) is 112 cm³/mol. The highest BCUT2D eigenvalue weighted by Crippen LogP contribution is 2.45. The molecular formula is C22H27FN4S. The molecule has 0 spiro atoms. The van der Waals surface area contributed by atoms with Crippen LogP contribution in [0.4, 0.5) is 4.39 Å². The zero-order chi connectivity index (χ0) is 19.9. The Hall–Kier alpha value is -2.05. The zero-order valence-electron chi connectivity index (χ0n) is 16.9. The maximum atomic E-state index is 14.3. The van der Waals surface area contributed by atoms with Crippen LogP contribution in [0, 0.1) is 12.7 Å². The fourth-order valence-corrected chi connectivity index (χ4v) is 4.74. The van der Waals surface area contributed by atoms with E-state index in [0.29, 0.717) is 5.56 Å². The maximum absolute atomic E-state index is 14.3. The molecule has 1 aromatic carbocycles. The Morgan fingerprint density at radius 3 is 2.61 bits per heavy atom. The van der Waals surface area contributed by atoms with E-state index in [1.165, 1.54) is 18.1 Å². The molecule has 2 aromatic heterocycles. The molecule has 4 nitrogen and oxygen atoms in total. The van der Waals surface area contributed by atoms with Crippen LogP contribution in [0.5, 0.6) is 0 Å². The third-order valence-corrected chi connectivity index (χ3v) is 6.67. The van der Waals surface area contributed by atoms with E-state index < -0.39 is 0 Å². The van der Waals surface area contributed by atoms with Crippen molar-refractivity contribution in [3.63, 3.8) is 0 Å². The molecule has 1 fully saturated rings. The van der Waals surface area contributed by atoms with Crippen LogP contribution < -0.4 is 5.32 Å². The minimum absolute atomic E-state index is 0.0204. The third kappa shape index (κ3) is 3.51. The molecule has 0 unspecified atom stereocenters. The van der Waals surface area contributed by atoms with Crippen LogP contribution in [0.3, 0.4) is 0 Å². The minimum atomic E-state index is -0.215. The summed E-state index contributed by atoms with van der Waals surface area (Å²) in [6.45, 7) is 9.22. The summed E-state index contributed by atoms with van der Waals surface area (Å²) in [5.74, 6) is -0.215. The highest BCUT2D eigenvalue weighted by molar-refractivity contribution is 7.12. The summed E-state index contributed by atoms with van der Waals surface area (Å²) in [6.07, 6.45) is 7.34. The van der Waals surface area contributed by atoms with Crippen molar-refractivity contribution in [2.24, 2.45) is 0 Å². The number of thiazole rings is 1. The first-order chi connectivity index (χ1) is 13.3. The first-order valence-electron chi connectivity index (χ1n) is 9.80. The van der Waals surface area contributed by atoms with Crippen molar-refractivity contribution < 1.29 is 4.39 Å². The standard InChI is InChI=1S/C22H27FN4S/c1-15-19(17-8-5-6-9-18(17)23)26-20(28-15)22(10-7-11-22)24-12-16-13-25-27(14-16)21(2,3)4/h5-6,8-9,13-14,24H,7,10-12H2,1-4H3. The van der Waals surface area contributed by atoms with Gasteiger partial charge in [0.15, 0.2) is 0 Å². The zero-order valence-corrected chi connectivity index (χ0v) is 17.7. The van der Waals surface area contributed by atoms with Gasteiger partial charge in [0.25, 0.3) is 0 Å². The van der Waals surface area contributed by atoms with Crippen LogP contribution in [-0.4, -0.2) is 14.8 Å². The van der Waals surface area contributed by atoms with Crippen LogP contribution >= 0.6 is 11.3 Å². The molecule has 1 saturated carbocycles. The second kappa shape index (κ2) is 7.08. The predicted octanol–water partition coefficient (Wildman–Crippen LogP) is 5.38. The van der Waals surface area contributed by atoms with Gasteiger partial charge in [0.05, 0.1) is 23.0 Å². The van der Waals surface area contributed by atoms with E-state index in [9.17, 15) is 4.39 Å². The van der Waals surface area contributed by atoms with Crippen LogP contribution in [-0.2, 0) is 17.6 Å². The smallest absolute Gasteiger partial charge is 0.132 e. The quantitative estimate of drug-likeness (QED) is 0.628. The summed E-state index contributed by atoms with van der Waals surface area (Å²) in [6, 6.07) is 6.89. The van der Waals surface area contributed by atoms with Crippen molar-refractivity contribution in [2.75, 3.05) is 0 Å². The van der Waals surface area contributed by atoms with Crippen molar-refractivity contribution in [1.82, 2.24) is 20.1 Å². The molecule has 148 valence electrons. The van der Waals surface area contributed by atoms with Gasteiger partial charge >= 0.3 is 0 Å². The van der Waals surface area contributed by atoms with E-state index in [1.54, 1.807) is 17.4 Å². The summed E-state index contributed by atoms with van der Waals surface area (Å²) >= 11 is 1.68. The Morgan fingerprint density at radius 2 is 2.00 bits per heavy atom. The molecule has 0 aliphatic heterocycles. The Labute approximate surface area is 169 Å². The summed E-state index contributed by atoms with van der Waals surface area (Å²) in [7, 11) is 0. The number of halogens is 1. The van der Waals surface area contributed by atoms with Crippen LogP contribution in [0.15, 0.2) is 36.7 Å². The molecule has 0 atom stereocenters. The van der Waals surface area contributed by atoms with Gasteiger partial charge in [0, 0.05) is 28.7 Å².